The molecular formula is C17H34IN5O3. The molecule has 0 spiro atoms. The molecule has 8 nitrogen and oxygen atoms in total. The summed E-state index contributed by atoms with van der Waals surface area (Å²) in [6.07, 6.45) is 0.447. The van der Waals surface area contributed by atoms with Gasteiger partial charge in [0.1, 0.15) is 5.60 Å². The monoisotopic (exact) mass is 483 g/mol. The molecule has 0 aromatic rings. The Bertz CT molecular complexity index is 491. The molecule has 0 aromatic heterocycles. The molecule has 0 aliphatic carbocycles. The summed E-state index contributed by atoms with van der Waals surface area (Å²) in [4.78, 5) is 29.7. The molecule has 26 heavy (non-hydrogen) atoms. The molecule has 0 bridgehead atoms. The molecule has 1 unspecified atom stereocenters. The van der Waals surface area contributed by atoms with E-state index in [0.29, 0.717) is 19.6 Å². The minimum Gasteiger partial charge on any atom is -0.444 e. The molecule has 1 fully saturated rings. The Morgan fingerprint density at radius 3 is 2.38 bits per heavy atom. The fraction of sp³-hybridized carbons (Fsp3) is 0.824. The van der Waals surface area contributed by atoms with Gasteiger partial charge < -0.3 is 25.6 Å². The van der Waals surface area contributed by atoms with Gasteiger partial charge >= 0.3 is 6.09 Å². The molecule has 3 N–H and O–H groups in total. The third-order valence-electron chi connectivity index (χ3n) is 3.65. The number of ether oxygens (including phenoxy) is 1. The van der Waals surface area contributed by atoms with Crippen LogP contribution in [0.15, 0.2) is 4.99 Å². The van der Waals surface area contributed by atoms with E-state index in [9.17, 15) is 9.59 Å². The summed E-state index contributed by atoms with van der Waals surface area (Å²) in [5.74, 6) is 0.796. The summed E-state index contributed by atoms with van der Waals surface area (Å²) in [5.41, 5.74) is -0.500. The zero-order valence-corrected chi connectivity index (χ0v) is 19.0. The molecule has 2 amide bonds. The van der Waals surface area contributed by atoms with Crippen LogP contribution in [0.4, 0.5) is 4.79 Å². The van der Waals surface area contributed by atoms with Crippen LogP contribution in [0.25, 0.3) is 0 Å². The van der Waals surface area contributed by atoms with Crippen LogP contribution in [0.3, 0.4) is 0 Å². The molecule has 1 atom stereocenters. The first-order chi connectivity index (χ1) is 11.6. The number of rotatable bonds is 5. The van der Waals surface area contributed by atoms with Crippen molar-refractivity contribution in [1.82, 2.24) is 20.9 Å². The second kappa shape index (κ2) is 11.5. The molecule has 0 aromatic carbocycles. The van der Waals surface area contributed by atoms with Crippen molar-refractivity contribution in [3.8, 4) is 0 Å². The summed E-state index contributed by atoms with van der Waals surface area (Å²) in [6.45, 7) is 11.9. The number of guanidine groups is 1. The number of likely N-dealkylation sites (tertiary alicyclic amines) is 1. The third kappa shape index (κ3) is 9.44. The van der Waals surface area contributed by atoms with Crippen molar-refractivity contribution < 1.29 is 14.3 Å². The SMILES string of the molecule is CN=C(NCCNC(=O)C(C)C)N1CCC(NC(=O)OC(C)(C)C)C1.I. The van der Waals surface area contributed by atoms with E-state index in [1.165, 1.54) is 0 Å². The zero-order chi connectivity index (χ0) is 19.0. The standard InChI is InChI=1S/C17H33N5O3.HI/c1-12(2)14(23)19-8-9-20-15(18-6)22-10-7-13(11-22)21-16(24)25-17(3,4)5;/h12-13H,7-11H2,1-6H3,(H,18,20)(H,19,23)(H,21,24);1H. The van der Waals surface area contributed by atoms with E-state index < -0.39 is 11.7 Å². The molecule has 1 saturated heterocycles. The smallest absolute Gasteiger partial charge is 0.407 e. The summed E-state index contributed by atoms with van der Waals surface area (Å²) in [7, 11) is 1.73. The van der Waals surface area contributed by atoms with Crippen molar-refractivity contribution >= 4 is 41.9 Å². The van der Waals surface area contributed by atoms with Gasteiger partial charge in [-0.3, -0.25) is 9.79 Å². The van der Waals surface area contributed by atoms with Gasteiger partial charge in [0.2, 0.25) is 5.91 Å². The van der Waals surface area contributed by atoms with Crippen LogP contribution in [-0.4, -0.2) is 67.7 Å². The molecule has 1 aliphatic heterocycles. The van der Waals surface area contributed by atoms with Gasteiger partial charge in [-0.25, -0.2) is 4.79 Å². The number of aliphatic imine (C=N–C) groups is 1. The lowest BCUT2D eigenvalue weighted by Gasteiger charge is -2.23. The van der Waals surface area contributed by atoms with Crippen LogP contribution in [0.5, 0.6) is 0 Å². The lowest BCUT2D eigenvalue weighted by Crippen LogP contribution is -2.45. The van der Waals surface area contributed by atoms with Crippen LogP contribution >= 0.6 is 24.0 Å². The van der Waals surface area contributed by atoms with Gasteiger partial charge in [0, 0.05) is 39.1 Å². The van der Waals surface area contributed by atoms with Crippen molar-refractivity contribution in [3.05, 3.63) is 0 Å². The van der Waals surface area contributed by atoms with E-state index in [4.69, 9.17) is 4.74 Å². The lowest BCUT2D eigenvalue weighted by molar-refractivity contribution is -0.123. The van der Waals surface area contributed by atoms with E-state index in [1.54, 1.807) is 7.05 Å². The van der Waals surface area contributed by atoms with Crippen molar-refractivity contribution in [1.29, 1.82) is 0 Å². The Hall–Kier alpha value is -1.26. The Morgan fingerprint density at radius 2 is 1.85 bits per heavy atom. The number of halogens is 1. The topological polar surface area (TPSA) is 95.1 Å². The molecule has 1 heterocycles. The lowest BCUT2D eigenvalue weighted by atomic mass is 10.2. The molecular weight excluding hydrogens is 449 g/mol. The van der Waals surface area contributed by atoms with Gasteiger partial charge in [-0.2, -0.15) is 0 Å². The zero-order valence-electron chi connectivity index (χ0n) is 16.7. The van der Waals surface area contributed by atoms with Crippen LogP contribution < -0.4 is 16.0 Å². The average molecular weight is 483 g/mol. The quantitative estimate of drug-likeness (QED) is 0.239. The second-order valence-electron chi connectivity index (χ2n) is 7.50. The first-order valence-electron chi connectivity index (χ1n) is 8.85. The van der Waals surface area contributed by atoms with E-state index in [0.717, 1.165) is 18.9 Å². The predicted octanol–water partition coefficient (Wildman–Crippen LogP) is 1.55. The van der Waals surface area contributed by atoms with E-state index >= 15 is 0 Å². The van der Waals surface area contributed by atoms with Gasteiger partial charge in [-0.05, 0) is 27.2 Å². The Morgan fingerprint density at radius 1 is 1.23 bits per heavy atom. The first-order valence-corrected chi connectivity index (χ1v) is 8.85. The maximum absolute atomic E-state index is 11.9. The highest BCUT2D eigenvalue weighted by molar-refractivity contribution is 14.0. The number of carbonyl (C=O) groups is 2. The van der Waals surface area contributed by atoms with E-state index in [2.05, 4.69) is 25.8 Å². The van der Waals surface area contributed by atoms with E-state index in [1.807, 2.05) is 34.6 Å². The van der Waals surface area contributed by atoms with Crippen LogP contribution in [0.1, 0.15) is 41.0 Å². The average Bonchev–Trinajstić information content (AvgIpc) is 2.93. The fourth-order valence-electron chi connectivity index (χ4n) is 2.44. The highest BCUT2D eigenvalue weighted by Gasteiger charge is 2.27. The molecule has 152 valence electrons. The Labute approximate surface area is 173 Å². The molecule has 0 radical (unpaired) electrons. The number of amides is 2. The molecule has 9 heteroatoms. The Kier molecular flexibility index (Phi) is 10.9. The number of alkyl carbamates (subject to hydrolysis) is 1. The summed E-state index contributed by atoms with van der Waals surface area (Å²) in [5, 5.41) is 8.99. The second-order valence-corrected chi connectivity index (χ2v) is 7.50. The van der Waals surface area contributed by atoms with Crippen molar-refractivity contribution in [2.24, 2.45) is 10.9 Å². The minimum absolute atomic E-state index is 0. The van der Waals surface area contributed by atoms with Crippen LogP contribution in [-0.2, 0) is 9.53 Å². The normalized spacial score (nSPS) is 17.6. The summed E-state index contributed by atoms with van der Waals surface area (Å²) >= 11 is 0. The van der Waals surface area contributed by atoms with Gasteiger partial charge in [0.15, 0.2) is 5.96 Å². The number of hydrogen-bond donors (Lipinski definition) is 3. The van der Waals surface area contributed by atoms with Gasteiger partial charge in [0.05, 0.1) is 6.04 Å². The number of nitrogens with one attached hydrogen (secondary N) is 3. The maximum Gasteiger partial charge on any atom is 0.407 e. The molecule has 1 rings (SSSR count). The number of carbonyl (C=O) groups excluding carboxylic acids is 2. The maximum atomic E-state index is 11.9. The molecule has 1 aliphatic rings. The third-order valence-corrected chi connectivity index (χ3v) is 3.65. The van der Waals surface area contributed by atoms with Gasteiger partial charge in [-0.1, -0.05) is 13.8 Å². The number of hydrogen-bond acceptors (Lipinski definition) is 4. The van der Waals surface area contributed by atoms with Gasteiger partial charge in [0.25, 0.3) is 0 Å². The summed E-state index contributed by atoms with van der Waals surface area (Å²) < 4.78 is 5.29. The van der Waals surface area contributed by atoms with Crippen LogP contribution in [0.2, 0.25) is 0 Å². The highest BCUT2D eigenvalue weighted by Crippen LogP contribution is 2.11. The van der Waals surface area contributed by atoms with Gasteiger partial charge in [-0.15, -0.1) is 24.0 Å². The fourth-order valence-corrected chi connectivity index (χ4v) is 2.44. The van der Waals surface area contributed by atoms with Crippen LogP contribution in [0, 0.1) is 5.92 Å². The largest absolute Gasteiger partial charge is 0.444 e. The number of nitrogens with zero attached hydrogens (tertiary/aromatic N) is 2. The van der Waals surface area contributed by atoms with Crippen molar-refractivity contribution in [3.63, 3.8) is 0 Å². The van der Waals surface area contributed by atoms with Crippen molar-refractivity contribution in [2.75, 3.05) is 33.2 Å². The highest BCUT2D eigenvalue weighted by atomic mass is 127. The van der Waals surface area contributed by atoms with E-state index in [-0.39, 0.29) is 41.8 Å². The first kappa shape index (κ1) is 24.7. The summed E-state index contributed by atoms with van der Waals surface area (Å²) in [6, 6.07) is 0.0362. The van der Waals surface area contributed by atoms with Crippen molar-refractivity contribution in [2.45, 2.75) is 52.7 Å². The predicted molar refractivity (Wildman–Crippen MR) is 114 cm³/mol. The minimum atomic E-state index is -0.500. The molecule has 0 saturated carbocycles. The Balaban J connectivity index is 0.00000625.